The van der Waals surface area contributed by atoms with Crippen molar-refractivity contribution in [1.82, 2.24) is 9.55 Å². The van der Waals surface area contributed by atoms with Gasteiger partial charge in [0.1, 0.15) is 11.4 Å². The lowest BCUT2D eigenvalue weighted by Gasteiger charge is -2.21. The summed E-state index contributed by atoms with van der Waals surface area (Å²) in [6, 6.07) is 9.27. The first-order valence-electron chi connectivity index (χ1n) is 9.56. The topological polar surface area (TPSA) is 81.5 Å². The summed E-state index contributed by atoms with van der Waals surface area (Å²) in [5.74, 6) is -0.767. The van der Waals surface area contributed by atoms with Crippen LogP contribution in [0.25, 0.3) is 10.2 Å². The van der Waals surface area contributed by atoms with Crippen LogP contribution in [-0.4, -0.2) is 34.6 Å². The number of benzene rings is 1. The van der Waals surface area contributed by atoms with Crippen molar-refractivity contribution in [1.29, 1.82) is 0 Å². The number of para-hydroxylation sites is 1. The van der Waals surface area contributed by atoms with Crippen LogP contribution in [0.3, 0.4) is 0 Å². The van der Waals surface area contributed by atoms with Gasteiger partial charge in [0.25, 0.3) is 5.56 Å². The number of esters is 1. The van der Waals surface area contributed by atoms with Crippen molar-refractivity contribution < 1.29 is 14.3 Å². The van der Waals surface area contributed by atoms with E-state index in [1.807, 2.05) is 44.2 Å². The Bertz CT molecular complexity index is 1060. The van der Waals surface area contributed by atoms with Crippen LogP contribution in [0.15, 0.2) is 46.8 Å². The molecule has 0 spiro atoms. The van der Waals surface area contributed by atoms with Crippen molar-refractivity contribution in [3.05, 3.63) is 58.0 Å². The second kappa shape index (κ2) is 9.47. The van der Waals surface area contributed by atoms with Crippen LogP contribution < -0.4 is 10.5 Å². The first-order chi connectivity index (χ1) is 14.1. The number of aromatic nitrogens is 2. The minimum absolute atomic E-state index is 0.162. The third-order valence-electron chi connectivity index (χ3n) is 4.50. The summed E-state index contributed by atoms with van der Waals surface area (Å²) in [5.41, 5.74) is 0.546. The van der Waals surface area contributed by atoms with E-state index in [2.05, 4.69) is 4.98 Å². The Hall–Kier alpha value is -3.00. The number of carbonyl (C=O) groups excluding carboxylic acids is 2. The quantitative estimate of drug-likeness (QED) is 0.417. The molecular weight excluding hydrogens is 390 g/mol. The van der Waals surface area contributed by atoms with Crippen LogP contribution in [0.5, 0.6) is 0 Å². The molecule has 152 valence electrons. The molecule has 3 aromatic rings. The molecule has 0 aliphatic carbocycles. The molecule has 0 aliphatic heterocycles. The smallest absolute Gasteiger partial charge is 0.339 e. The summed E-state index contributed by atoms with van der Waals surface area (Å²) in [6.45, 7) is 4.49. The van der Waals surface area contributed by atoms with Gasteiger partial charge in [-0.2, -0.15) is 0 Å². The van der Waals surface area contributed by atoms with Crippen LogP contribution in [0, 0.1) is 0 Å². The van der Waals surface area contributed by atoms with Gasteiger partial charge in [0.2, 0.25) is 5.91 Å². The van der Waals surface area contributed by atoms with Gasteiger partial charge in [-0.05, 0) is 25.5 Å². The van der Waals surface area contributed by atoms with Crippen molar-refractivity contribution in [2.24, 2.45) is 0 Å². The summed E-state index contributed by atoms with van der Waals surface area (Å²) in [5, 5.41) is 1.79. The first-order valence-corrected chi connectivity index (χ1v) is 10.4. The number of hydrogen-bond donors (Lipinski definition) is 0. The lowest BCUT2D eigenvalue weighted by atomic mass is 10.2. The average Bonchev–Trinajstić information content (AvgIpc) is 3.17. The van der Waals surface area contributed by atoms with Gasteiger partial charge in [0.05, 0.1) is 23.9 Å². The van der Waals surface area contributed by atoms with Crippen LogP contribution in [0.4, 0.5) is 5.69 Å². The number of unbranched alkanes of at least 4 members (excludes halogenated alkanes) is 1. The summed E-state index contributed by atoms with van der Waals surface area (Å²) in [4.78, 5) is 44.5. The number of rotatable bonds is 8. The van der Waals surface area contributed by atoms with E-state index in [0.717, 1.165) is 18.5 Å². The number of anilines is 1. The third kappa shape index (κ3) is 4.54. The number of fused-ring (bicyclic) bond motifs is 1. The number of hydrogen-bond acceptors (Lipinski definition) is 6. The van der Waals surface area contributed by atoms with Gasteiger partial charge in [0, 0.05) is 17.6 Å². The fraction of sp³-hybridized carbons (Fsp3) is 0.333. The number of thiophene rings is 1. The van der Waals surface area contributed by atoms with Gasteiger partial charge < -0.3 is 9.64 Å². The number of likely N-dealkylation sites (N-methyl/N-ethyl adjacent to an activating group) is 1. The minimum atomic E-state index is -0.535. The highest BCUT2D eigenvalue weighted by Gasteiger charge is 2.21. The van der Waals surface area contributed by atoms with Gasteiger partial charge in [-0.25, -0.2) is 9.78 Å². The maximum atomic E-state index is 13.0. The second-order valence-corrected chi connectivity index (χ2v) is 7.33. The molecule has 2 aromatic heterocycles. The zero-order chi connectivity index (χ0) is 20.8. The normalized spacial score (nSPS) is 10.8. The highest BCUT2D eigenvalue weighted by molar-refractivity contribution is 7.17. The van der Waals surface area contributed by atoms with E-state index >= 15 is 0 Å². The molecule has 0 saturated heterocycles. The van der Waals surface area contributed by atoms with Crippen molar-refractivity contribution in [3.8, 4) is 0 Å². The number of carbonyl (C=O) groups is 2. The van der Waals surface area contributed by atoms with Gasteiger partial charge >= 0.3 is 5.97 Å². The van der Waals surface area contributed by atoms with Crippen LogP contribution >= 0.6 is 11.3 Å². The van der Waals surface area contributed by atoms with Crippen molar-refractivity contribution in [2.45, 2.75) is 33.2 Å². The third-order valence-corrected chi connectivity index (χ3v) is 5.39. The molecule has 1 amide bonds. The van der Waals surface area contributed by atoms with Gasteiger partial charge in [0.15, 0.2) is 0 Å². The molecule has 0 aliphatic rings. The summed E-state index contributed by atoms with van der Waals surface area (Å²) in [7, 11) is 0. The molecule has 0 N–H and O–H groups in total. The van der Waals surface area contributed by atoms with E-state index in [-0.39, 0.29) is 23.4 Å². The molecule has 1 aromatic carbocycles. The zero-order valence-electron chi connectivity index (χ0n) is 16.5. The fourth-order valence-corrected chi connectivity index (χ4v) is 3.83. The Morgan fingerprint density at radius 1 is 1.21 bits per heavy atom. The van der Waals surface area contributed by atoms with Crippen LogP contribution in [-0.2, 0) is 16.1 Å². The molecule has 3 rings (SSSR count). The average molecular weight is 413 g/mol. The van der Waals surface area contributed by atoms with E-state index in [4.69, 9.17) is 4.74 Å². The molecule has 0 fully saturated rings. The predicted octanol–water partition coefficient (Wildman–Crippen LogP) is 3.47. The van der Waals surface area contributed by atoms with E-state index in [9.17, 15) is 14.4 Å². The molecular formula is C21H23N3O4S. The second-order valence-electron chi connectivity index (χ2n) is 6.47. The molecule has 7 nitrogen and oxygen atoms in total. The Morgan fingerprint density at radius 2 is 1.97 bits per heavy atom. The van der Waals surface area contributed by atoms with E-state index in [1.165, 1.54) is 22.2 Å². The number of ether oxygens (including phenoxy) is 1. The largest absolute Gasteiger partial charge is 0.462 e. The molecule has 2 heterocycles. The standard InChI is InChI=1S/C21H23N3O4S/c1-3-5-11-28-21(27)16-13-29-19-18(16)20(26)23(14-22-19)12-17(25)24(4-2)15-9-7-6-8-10-15/h6-10,13-14H,3-5,11-12H2,1-2H3. The SMILES string of the molecule is CCCCOC(=O)c1csc2ncn(CC(=O)N(CC)c3ccccc3)c(=O)c12. The Labute approximate surface area is 172 Å². The lowest BCUT2D eigenvalue weighted by Crippen LogP contribution is -2.36. The maximum absolute atomic E-state index is 13.0. The van der Waals surface area contributed by atoms with Crippen molar-refractivity contribution >= 4 is 39.1 Å². The van der Waals surface area contributed by atoms with E-state index in [0.29, 0.717) is 18.0 Å². The summed E-state index contributed by atoms with van der Waals surface area (Å²) < 4.78 is 6.48. The van der Waals surface area contributed by atoms with E-state index < -0.39 is 11.5 Å². The van der Waals surface area contributed by atoms with Gasteiger partial charge in [-0.3, -0.25) is 14.2 Å². The Balaban J connectivity index is 1.87. The number of amides is 1. The maximum Gasteiger partial charge on any atom is 0.339 e. The van der Waals surface area contributed by atoms with Crippen LogP contribution in [0.1, 0.15) is 37.0 Å². The van der Waals surface area contributed by atoms with Gasteiger partial charge in [-0.15, -0.1) is 11.3 Å². The zero-order valence-corrected chi connectivity index (χ0v) is 17.3. The number of nitrogens with zero attached hydrogens (tertiary/aromatic N) is 3. The van der Waals surface area contributed by atoms with Crippen molar-refractivity contribution in [3.63, 3.8) is 0 Å². The molecule has 0 atom stereocenters. The van der Waals surface area contributed by atoms with Crippen LogP contribution in [0.2, 0.25) is 0 Å². The molecule has 0 saturated carbocycles. The summed E-state index contributed by atoms with van der Waals surface area (Å²) >= 11 is 1.21. The van der Waals surface area contributed by atoms with Crippen molar-refractivity contribution in [2.75, 3.05) is 18.1 Å². The molecule has 0 bridgehead atoms. The van der Waals surface area contributed by atoms with E-state index in [1.54, 1.807) is 10.3 Å². The highest BCUT2D eigenvalue weighted by Crippen LogP contribution is 2.22. The van der Waals surface area contributed by atoms with Gasteiger partial charge in [-0.1, -0.05) is 31.5 Å². The highest BCUT2D eigenvalue weighted by atomic mass is 32.1. The monoisotopic (exact) mass is 413 g/mol. The molecule has 29 heavy (non-hydrogen) atoms. The summed E-state index contributed by atoms with van der Waals surface area (Å²) in [6.07, 6.45) is 3.02. The molecule has 8 heteroatoms. The molecule has 0 unspecified atom stereocenters. The Kier molecular flexibility index (Phi) is 6.77. The lowest BCUT2D eigenvalue weighted by molar-refractivity contribution is -0.119. The minimum Gasteiger partial charge on any atom is -0.462 e. The first kappa shape index (κ1) is 20.7. The predicted molar refractivity (Wildman–Crippen MR) is 114 cm³/mol. The molecule has 0 radical (unpaired) electrons. The fourth-order valence-electron chi connectivity index (χ4n) is 2.96. The Morgan fingerprint density at radius 3 is 2.66 bits per heavy atom.